The number of methoxy groups -OCH3 is 1. The summed E-state index contributed by atoms with van der Waals surface area (Å²) in [5, 5.41) is 0. The molecule has 1 aromatic carbocycles. The first-order valence-corrected chi connectivity index (χ1v) is 4.90. The molecule has 0 bridgehead atoms. The number of aryl methyl sites for hydroxylation is 1. The molecule has 0 aliphatic rings. The number of hydrogen-bond donors (Lipinski definition) is 1. The molecule has 2 rings (SSSR count). The van der Waals surface area contributed by atoms with Crippen molar-refractivity contribution in [3.63, 3.8) is 0 Å². The molecule has 0 aliphatic carbocycles. The van der Waals surface area contributed by atoms with E-state index in [0.717, 1.165) is 22.6 Å². The van der Waals surface area contributed by atoms with Gasteiger partial charge in [0.15, 0.2) is 0 Å². The molecule has 2 N–H and O–H groups in total. The normalized spacial score (nSPS) is 13.1. The van der Waals surface area contributed by atoms with E-state index in [-0.39, 0.29) is 6.04 Å². The number of nitrogens with two attached hydrogens (primary N) is 1. The lowest BCUT2D eigenvalue weighted by molar-refractivity contribution is 0.419. The van der Waals surface area contributed by atoms with Crippen molar-refractivity contribution in [3.05, 3.63) is 24.0 Å². The van der Waals surface area contributed by atoms with Gasteiger partial charge in [0.2, 0.25) is 0 Å². The molecule has 80 valence electrons. The zero-order valence-electron chi connectivity index (χ0n) is 9.19. The van der Waals surface area contributed by atoms with Crippen LogP contribution in [0.5, 0.6) is 5.75 Å². The van der Waals surface area contributed by atoms with Crippen molar-refractivity contribution in [1.29, 1.82) is 0 Å². The Balaban J connectivity index is 2.75. The summed E-state index contributed by atoms with van der Waals surface area (Å²) in [5.41, 5.74) is 7.76. The standard InChI is InChI=1S/C11H15N3O/c1-7(12)11-13-10-8(14(11)2)5-4-6-9(10)15-3/h4-7H,12H2,1-3H3. The first-order chi connectivity index (χ1) is 7.15. The van der Waals surface area contributed by atoms with Crippen molar-refractivity contribution in [1.82, 2.24) is 9.55 Å². The molecule has 0 radical (unpaired) electrons. The van der Waals surface area contributed by atoms with Crippen molar-refractivity contribution in [2.45, 2.75) is 13.0 Å². The van der Waals surface area contributed by atoms with Crippen LogP contribution in [-0.4, -0.2) is 16.7 Å². The number of para-hydroxylation sites is 1. The van der Waals surface area contributed by atoms with E-state index in [1.807, 2.05) is 36.7 Å². The molecule has 0 saturated carbocycles. The first kappa shape index (κ1) is 9.98. The third-order valence-corrected chi connectivity index (χ3v) is 2.54. The van der Waals surface area contributed by atoms with Crippen LogP contribution in [0.25, 0.3) is 11.0 Å². The summed E-state index contributed by atoms with van der Waals surface area (Å²) >= 11 is 0. The molecule has 1 atom stereocenters. The monoisotopic (exact) mass is 205 g/mol. The predicted molar refractivity (Wildman–Crippen MR) is 59.9 cm³/mol. The Morgan fingerprint density at radius 3 is 2.80 bits per heavy atom. The van der Waals surface area contributed by atoms with Crippen molar-refractivity contribution >= 4 is 11.0 Å². The molecular weight excluding hydrogens is 190 g/mol. The number of aromatic nitrogens is 2. The fourth-order valence-electron chi connectivity index (χ4n) is 1.78. The molecule has 1 aromatic heterocycles. The second kappa shape index (κ2) is 3.55. The van der Waals surface area contributed by atoms with Crippen LogP contribution < -0.4 is 10.5 Å². The van der Waals surface area contributed by atoms with Gasteiger partial charge in [-0.1, -0.05) is 6.07 Å². The molecule has 0 amide bonds. The topological polar surface area (TPSA) is 53.1 Å². The van der Waals surface area contributed by atoms with Gasteiger partial charge in [-0.05, 0) is 19.1 Å². The van der Waals surface area contributed by atoms with E-state index in [1.54, 1.807) is 7.11 Å². The molecule has 4 nitrogen and oxygen atoms in total. The van der Waals surface area contributed by atoms with Gasteiger partial charge in [0.05, 0.1) is 18.7 Å². The van der Waals surface area contributed by atoms with Crippen LogP contribution in [0.1, 0.15) is 18.8 Å². The summed E-state index contributed by atoms with van der Waals surface area (Å²) in [4.78, 5) is 4.50. The maximum Gasteiger partial charge on any atom is 0.146 e. The number of nitrogens with zero attached hydrogens (tertiary/aromatic N) is 2. The number of rotatable bonds is 2. The maximum absolute atomic E-state index is 5.85. The van der Waals surface area contributed by atoms with Crippen molar-refractivity contribution < 1.29 is 4.74 Å². The first-order valence-electron chi connectivity index (χ1n) is 4.90. The van der Waals surface area contributed by atoms with Crippen LogP contribution in [0, 0.1) is 0 Å². The van der Waals surface area contributed by atoms with Gasteiger partial charge >= 0.3 is 0 Å². The van der Waals surface area contributed by atoms with Crippen LogP contribution in [0.4, 0.5) is 0 Å². The highest BCUT2D eigenvalue weighted by molar-refractivity contribution is 5.82. The molecule has 1 unspecified atom stereocenters. The minimum absolute atomic E-state index is 0.0768. The van der Waals surface area contributed by atoms with Crippen LogP contribution in [0.3, 0.4) is 0 Å². The van der Waals surface area contributed by atoms with E-state index in [9.17, 15) is 0 Å². The van der Waals surface area contributed by atoms with Gasteiger partial charge in [-0.2, -0.15) is 0 Å². The van der Waals surface area contributed by atoms with Gasteiger partial charge in [0.25, 0.3) is 0 Å². The van der Waals surface area contributed by atoms with Crippen LogP contribution in [-0.2, 0) is 7.05 Å². The molecule has 0 aliphatic heterocycles. The highest BCUT2D eigenvalue weighted by Gasteiger charge is 2.13. The average Bonchev–Trinajstić information content (AvgIpc) is 2.56. The zero-order chi connectivity index (χ0) is 11.0. The van der Waals surface area contributed by atoms with E-state index in [1.165, 1.54) is 0 Å². The van der Waals surface area contributed by atoms with Gasteiger partial charge in [-0.25, -0.2) is 4.98 Å². The van der Waals surface area contributed by atoms with E-state index < -0.39 is 0 Å². The molecule has 0 saturated heterocycles. The predicted octanol–water partition coefficient (Wildman–Crippen LogP) is 1.60. The second-order valence-electron chi connectivity index (χ2n) is 3.65. The third-order valence-electron chi connectivity index (χ3n) is 2.54. The third kappa shape index (κ3) is 1.47. The number of hydrogen-bond acceptors (Lipinski definition) is 3. The number of ether oxygens (including phenoxy) is 1. The largest absolute Gasteiger partial charge is 0.494 e. The van der Waals surface area contributed by atoms with E-state index in [2.05, 4.69) is 4.98 Å². The van der Waals surface area contributed by atoms with E-state index in [0.29, 0.717) is 0 Å². The molecule has 4 heteroatoms. The molecule has 1 heterocycles. The van der Waals surface area contributed by atoms with Crippen LogP contribution in [0.2, 0.25) is 0 Å². The summed E-state index contributed by atoms with van der Waals surface area (Å²) in [5.74, 6) is 1.66. The maximum atomic E-state index is 5.85. The summed E-state index contributed by atoms with van der Waals surface area (Å²) < 4.78 is 7.26. The summed E-state index contributed by atoms with van der Waals surface area (Å²) in [7, 11) is 3.61. The number of fused-ring (bicyclic) bond motifs is 1. The van der Waals surface area contributed by atoms with Gasteiger partial charge in [0.1, 0.15) is 17.1 Å². The quantitative estimate of drug-likeness (QED) is 0.810. The van der Waals surface area contributed by atoms with Gasteiger partial charge in [-0.15, -0.1) is 0 Å². The summed E-state index contributed by atoms with van der Waals surface area (Å²) in [6.07, 6.45) is 0. The zero-order valence-corrected chi connectivity index (χ0v) is 9.19. The van der Waals surface area contributed by atoms with Crippen molar-refractivity contribution in [2.24, 2.45) is 12.8 Å². The number of imidazole rings is 1. The lowest BCUT2D eigenvalue weighted by Gasteiger charge is -2.04. The Kier molecular flexibility index (Phi) is 2.36. The Hall–Kier alpha value is -1.55. The minimum Gasteiger partial charge on any atom is -0.494 e. The van der Waals surface area contributed by atoms with Crippen molar-refractivity contribution in [3.8, 4) is 5.75 Å². The van der Waals surface area contributed by atoms with Gasteiger partial charge in [0, 0.05) is 7.05 Å². The Morgan fingerprint density at radius 2 is 2.20 bits per heavy atom. The smallest absolute Gasteiger partial charge is 0.146 e. The highest BCUT2D eigenvalue weighted by atomic mass is 16.5. The van der Waals surface area contributed by atoms with Crippen LogP contribution >= 0.6 is 0 Å². The fourth-order valence-corrected chi connectivity index (χ4v) is 1.78. The average molecular weight is 205 g/mol. The lowest BCUT2D eigenvalue weighted by Crippen LogP contribution is -2.11. The molecule has 2 aromatic rings. The molecule has 0 spiro atoms. The summed E-state index contributed by atoms with van der Waals surface area (Å²) in [6.45, 7) is 1.92. The molecule has 15 heavy (non-hydrogen) atoms. The second-order valence-corrected chi connectivity index (χ2v) is 3.65. The molecular formula is C11H15N3O. The SMILES string of the molecule is COc1cccc2c1nc(C(C)N)n2C. The number of benzene rings is 1. The fraction of sp³-hybridized carbons (Fsp3) is 0.364. The minimum atomic E-state index is -0.0768. The Labute approximate surface area is 88.7 Å². The molecule has 0 fully saturated rings. The lowest BCUT2D eigenvalue weighted by atomic mass is 10.3. The Morgan fingerprint density at radius 1 is 1.47 bits per heavy atom. The Bertz CT molecular complexity index is 488. The summed E-state index contributed by atoms with van der Waals surface area (Å²) in [6, 6.07) is 5.79. The van der Waals surface area contributed by atoms with Crippen molar-refractivity contribution in [2.75, 3.05) is 7.11 Å². The van der Waals surface area contributed by atoms with Gasteiger partial charge < -0.3 is 15.0 Å². The van der Waals surface area contributed by atoms with E-state index in [4.69, 9.17) is 10.5 Å². The van der Waals surface area contributed by atoms with Gasteiger partial charge in [-0.3, -0.25) is 0 Å². The van der Waals surface area contributed by atoms with Crippen LogP contribution in [0.15, 0.2) is 18.2 Å². The highest BCUT2D eigenvalue weighted by Crippen LogP contribution is 2.26. The van der Waals surface area contributed by atoms with E-state index >= 15 is 0 Å².